The smallest absolute Gasteiger partial charge is 0.306 e. The van der Waals surface area contributed by atoms with Gasteiger partial charge in [0.15, 0.2) is 17.1 Å². The Morgan fingerprint density at radius 3 is 2.57 bits per heavy atom. The summed E-state index contributed by atoms with van der Waals surface area (Å²) in [6.45, 7) is 6.50. The number of halogens is 2. The summed E-state index contributed by atoms with van der Waals surface area (Å²) in [6, 6.07) is 0. The molecule has 194 valence electrons. The lowest BCUT2D eigenvalue weighted by atomic mass is 9.44. The van der Waals surface area contributed by atoms with Gasteiger partial charge in [0.25, 0.3) is 0 Å². The molecule has 6 nitrogen and oxygen atoms in total. The zero-order chi connectivity index (χ0) is 26.0. The number of aliphatic hydroxyl groups is 2. The SMILES string of the molecule is CCCCC(=O)O[C@]1(C(=O)CO)[C@@H](C)C[C@H]2[C@@H]3C[C@@H](Br)C4=CC(=O)C=C[C@]4(C)[C@@]3(F)[C@H](O)C[C@@]21C. The van der Waals surface area contributed by atoms with E-state index in [-0.39, 0.29) is 29.4 Å². The van der Waals surface area contributed by atoms with Crippen molar-refractivity contribution in [3.05, 3.63) is 23.8 Å². The standard InChI is InChI=1S/C27H36BrFO6/c1-5-6-7-23(34)35-27(22(33)14-30)15(2)10-17-18-12-20(28)19-11-16(31)8-9-24(19,3)26(18,29)21(32)13-25(17,27)4/h8-9,11,15,17-18,20-21,30,32H,5-7,10,12-14H2,1-4H3/t15-,17-,18-,20+,21+,24-,25-,26-,27-/m0/s1. The third kappa shape index (κ3) is 3.42. The number of carbonyl (C=O) groups is 3. The molecule has 0 aliphatic heterocycles. The molecule has 9 atom stereocenters. The van der Waals surface area contributed by atoms with Crippen molar-refractivity contribution in [1.82, 2.24) is 0 Å². The van der Waals surface area contributed by atoms with Crippen molar-refractivity contribution in [2.45, 2.75) is 88.4 Å². The zero-order valence-corrected chi connectivity index (χ0v) is 22.4. The molecule has 0 heterocycles. The first kappa shape index (κ1) is 26.7. The van der Waals surface area contributed by atoms with E-state index in [0.717, 1.165) is 6.42 Å². The summed E-state index contributed by atoms with van der Waals surface area (Å²) in [5.74, 6) is -2.82. The van der Waals surface area contributed by atoms with E-state index in [0.29, 0.717) is 24.8 Å². The molecule has 3 fully saturated rings. The number of allylic oxidation sites excluding steroid dienone is 4. The molecule has 0 bridgehead atoms. The number of alkyl halides is 2. The summed E-state index contributed by atoms with van der Waals surface area (Å²) in [5, 5.41) is 21.5. The van der Waals surface area contributed by atoms with Gasteiger partial charge in [-0.2, -0.15) is 0 Å². The quantitative estimate of drug-likeness (QED) is 0.380. The molecule has 8 heteroatoms. The molecule has 4 aliphatic rings. The van der Waals surface area contributed by atoms with Gasteiger partial charge in [0.2, 0.25) is 5.78 Å². The Morgan fingerprint density at radius 1 is 1.26 bits per heavy atom. The monoisotopic (exact) mass is 554 g/mol. The molecule has 35 heavy (non-hydrogen) atoms. The highest BCUT2D eigenvalue weighted by Crippen LogP contribution is 2.71. The van der Waals surface area contributed by atoms with Crippen LogP contribution in [0.3, 0.4) is 0 Å². The van der Waals surface area contributed by atoms with Crippen LogP contribution in [-0.2, 0) is 19.1 Å². The van der Waals surface area contributed by atoms with Gasteiger partial charge < -0.3 is 14.9 Å². The molecular weight excluding hydrogens is 519 g/mol. The largest absolute Gasteiger partial charge is 0.450 e. The van der Waals surface area contributed by atoms with Crippen LogP contribution in [-0.4, -0.2) is 56.6 Å². The Labute approximate surface area is 214 Å². The van der Waals surface area contributed by atoms with Crippen molar-refractivity contribution < 1.29 is 33.7 Å². The van der Waals surface area contributed by atoms with Crippen LogP contribution in [0.5, 0.6) is 0 Å². The van der Waals surface area contributed by atoms with Gasteiger partial charge in [0.05, 0.1) is 6.10 Å². The molecule has 0 unspecified atom stereocenters. The summed E-state index contributed by atoms with van der Waals surface area (Å²) in [4.78, 5) is 38.1. The number of fused-ring (bicyclic) bond motifs is 5. The van der Waals surface area contributed by atoms with Gasteiger partial charge in [0.1, 0.15) is 6.61 Å². The van der Waals surface area contributed by atoms with E-state index in [1.54, 1.807) is 13.0 Å². The highest BCUT2D eigenvalue weighted by Gasteiger charge is 2.77. The fourth-order valence-corrected chi connectivity index (χ4v) is 9.07. The Hall–Kier alpha value is -1.38. The molecule has 0 radical (unpaired) electrons. The first-order chi connectivity index (χ1) is 16.3. The molecule has 0 spiro atoms. The molecule has 2 N–H and O–H groups in total. The zero-order valence-electron chi connectivity index (χ0n) is 20.9. The Morgan fingerprint density at radius 2 is 1.94 bits per heavy atom. The lowest BCUT2D eigenvalue weighted by molar-refractivity contribution is -0.228. The van der Waals surface area contributed by atoms with E-state index in [1.165, 1.54) is 12.2 Å². The van der Waals surface area contributed by atoms with Crippen molar-refractivity contribution in [2.75, 3.05) is 6.61 Å². The van der Waals surface area contributed by atoms with Crippen LogP contribution in [0.2, 0.25) is 0 Å². The van der Waals surface area contributed by atoms with E-state index in [4.69, 9.17) is 4.74 Å². The predicted molar refractivity (Wildman–Crippen MR) is 131 cm³/mol. The van der Waals surface area contributed by atoms with Crippen LogP contribution in [0, 0.1) is 28.6 Å². The van der Waals surface area contributed by atoms with Gasteiger partial charge in [-0.05, 0) is 56.3 Å². The first-order valence-corrected chi connectivity index (χ1v) is 13.6. The number of esters is 1. The van der Waals surface area contributed by atoms with Crippen LogP contribution < -0.4 is 0 Å². The molecule has 0 amide bonds. The Bertz CT molecular complexity index is 994. The summed E-state index contributed by atoms with van der Waals surface area (Å²) in [5.41, 5.74) is -5.37. The summed E-state index contributed by atoms with van der Waals surface area (Å²) >= 11 is 3.67. The second-order valence-electron chi connectivity index (χ2n) is 11.4. The third-order valence-corrected chi connectivity index (χ3v) is 10.6. The number of ketones is 2. The number of rotatable bonds is 6. The summed E-state index contributed by atoms with van der Waals surface area (Å²) < 4.78 is 23.4. The molecule has 3 saturated carbocycles. The average Bonchev–Trinajstić information content (AvgIpc) is 3.02. The lowest BCUT2D eigenvalue weighted by Crippen LogP contribution is -2.71. The molecule has 0 aromatic rings. The number of carbonyl (C=O) groups excluding carboxylic acids is 3. The molecular formula is C27H36BrFO6. The third-order valence-electron chi connectivity index (χ3n) is 9.74. The van der Waals surface area contributed by atoms with Gasteiger partial charge in [-0.3, -0.25) is 14.4 Å². The van der Waals surface area contributed by atoms with Crippen molar-refractivity contribution >= 4 is 33.5 Å². The molecule has 4 rings (SSSR count). The molecule has 0 saturated heterocycles. The summed E-state index contributed by atoms with van der Waals surface area (Å²) in [7, 11) is 0. The fraction of sp³-hybridized carbons (Fsp3) is 0.741. The van der Waals surface area contributed by atoms with Crippen molar-refractivity contribution in [2.24, 2.45) is 28.6 Å². The van der Waals surface area contributed by atoms with Crippen molar-refractivity contribution in [1.29, 1.82) is 0 Å². The normalized spacial score (nSPS) is 46.3. The van der Waals surface area contributed by atoms with Gasteiger partial charge in [0, 0.05) is 33.9 Å². The minimum atomic E-state index is -2.07. The van der Waals surface area contributed by atoms with Crippen LogP contribution in [0.4, 0.5) is 4.39 Å². The number of unbranched alkanes of at least 4 members (excludes halogenated alkanes) is 1. The van der Waals surface area contributed by atoms with Gasteiger partial charge in [-0.15, -0.1) is 0 Å². The number of hydrogen-bond donors (Lipinski definition) is 2. The molecule has 0 aromatic carbocycles. The number of Topliss-reactive ketones (excluding diaryl/α,β-unsaturated/α-hetero) is 1. The Balaban J connectivity index is 1.83. The Kier molecular flexibility index (Phi) is 6.76. The first-order valence-electron chi connectivity index (χ1n) is 12.7. The highest BCUT2D eigenvalue weighted by molar-refractivity contribution is 9.09. The van der Waals surface area contributed by atoms with E-state index >= 15 is 4.39 Å². The fourth-order valence-electron chi connectivity index (χ4n) is 8.06. The van der Waals surface area contributed by atoms with E-state index in [1.807, 2.05) is 20.8 Å². The average molecular weight is 555 g/mol. The molecule has 4 aliphatic carbocycles. The van der Waals surface area contributed by atoms with Gasteiger partial charge in [-0.25, -0.2) is 4.39 Å². The number of aliphatic hydroxyl groups excluding tert-OH is 2. The van der Waals surface area contributed by atoms with E-state index < -0.39 is 58.4 Å². The van der Waals surface area contributed by atoms with Gasteiger partial charge >= 0.3 is 5.97 Å². The maximum absolute atomic E-state index is 17.4. The van der Waals surface area contributed by atoms with E-state index in [2.05, 4.69) is 15.9 Å². The van der Waals surface area contributed by atoms with Gasteiger partial charge in [-0.1, -0.05) is 49.2 Å². The minimum absolute atomic E-state index is 0.0978. The second-order valence-corrected chi connectivity index (χ2v) is 12.5. The summed E-state index contributed by atoms with van der Waals surface area (Å²) in [6.07, 6.45) is 5.13. The maximum atomic E-state index is 17.4. The predicted octanol–water partition coefficient (Wildman–Crippen LogP) is 4.01. The van der Waals surface area contributed by atoms with Crippen LogP contribution in [0.15, 0.2) is 23.8 Å². The van der Waals surface area contributed by atoms with Crippen LogP contribution >= 0.6 is 15.9 Å². The number of hydrogen-bond acceptors (Lipinski definition) is 6. The minimum Gasteiger partial charge on any atom is -0.450 e. The van der Waals surface area contributed by atoms with Crippen LogP contribution in [0.25, 0.3) is 0 Å². The topological polar surface area (TPSA) is 101 Å². The van der Waals surface area contributed by atoms with Crippen LogP contribution in [0.1, 0.15) is 66.2 Å². The highest BCUT2D eigenvalue weighted by atomic mass is 79.9. The second kappa shape index (κ2) is 8.88. The molecule has 0 aromatic heterocycles. The van der Waals surface area contributed by atoms with Crippen molar-refractivity contribution in [3.63, 3.8) is 0 Å². The van der Waals surface area contributed by atoms with E-state index in [9.17, 15) is 24.6 Å². The van der Waals surface area contributed by atoms with Crippen molar-refractivity contribution in [3.8, 4) is 0 Å². The lowest BCUT2D eigenvalue weighted by Gasteiger charge is -2.63. The number of ether oxygens (including phenoxy) is 1. The maximum Gasteiger partial charge on any atom is 0.306 e.